The molecule has 0 aliphatic carbocycles. The largest absolute Gasteiger partial charge is 0.306 e. The van der Waals surface area contributed by atoms with Gasteiger partial charge in [0.2, 0.25) is 0 Å². The highest BCUT2D eigenvalue weighted by Gasteiger charge is 2.04. The first-order valence-corrected chi connectivity index (χ1v) is 6.79. The molecule has 2 aromatic rings. The van der Waals surface area contributed by atoms with E-state index in [-0.39, 0.29) is 0 Å². The third-order valence-electron chi connectivity index (χ3n) is 2.44. The quantitative estimate of drug-likeness (QED) is 0.929. The van der Waals surface area contributed by atoms with Crippen LogP contribution in [0.5, 0.6) is 0 Å². The van der Waals surface area contributed by atoms with Crippen LogP contribution in [0.4, 0.5) is 0 Å². The third kappa shape index (κ3) is 3.14. The number of nitrogens with one attached hydrogen (secondary N) is 1. The molecule has 0 radical (unpaired) electrons. The maximum atomic E-state index is 4.02. The molecule has 2 rings (SSSR count). The van der Waals surface area contributed by atoms with Crippen molar-refractivity contribution >= 4 is 27.3 Å². The zero-order valence-corrected chi connectivity index (χ0v) is 11.4. The van der Waals surface area contributed by atoms with Crippen molar-refractivity contribution in [3.63, 3.8) is 0 Å². The van der Waals surface area contributed by atoms with Gasteiger partial charge < -0.3 is 5.32 Å². The summed E-state index contributed by atoms with van der Waals surface area (Å²) in [5, 5.41) is 5.65. The van der Waals surface area contributed by atoms with Crippen molar-refractivity contribution in [1.29, 1.82) is 0 Å². The van der Waals surface area contributed by atoms with Gasteiger partial charge in [-0.25, -0.2) is 0 Å². The Morgan fingerprint density at radius 2 is 2.19 bits per heavy atom. The predicted octanol–water partition coefficient (Wildman–Crippen LogP) is 3.76. The fraction of sp³-hybridized carbons (Fsp3) is 0.250. The molecular weight excluding hydrogens is 284 g/mol. The Labute approximate surface area is 108 Å². The molecular formula is C12H13BrN2S. The third-order valence-corrected chi connectivity index (χ3v) is 3.99. The SMILES string of the molecule is C[C@@H](NCc1csc(Br)c1)c1ccncc1. The molecule has 4 heteroatoms. The molecule has 2 nitrogen and oxygen atoms in total. The molecule has 0 amide bonds. The van der Waals surface area contributed by atoms with E-state index < -0.39 is 0 Å². The molecule has 0 fully saturated rings. The van der Waals surface area contributed by atoms with E-state index in [1.165, 1.54) is 14.9 Å². The summed E-state index contributed by atoms with van der Waals surface area (Å²) >= 11 is 5.19. The van der Waals surface area contributed by atoms with Gasteiger partial charge in [-0.2, -0.15) is 0 Å². The Bertz CT molecular complexity index is 441. The van der Waals surface area contributed by atoms with Gasteiger partial charge >= 0.3 is 0 Å². The maximum Gasteiger partial charge on any atom is 0.0701 e. The molecule has 16 heavy (non-hydrogen) atoms. The van der Waals surface area contributed by atoms with Crippen LogP contribution in [0.15, 0.2) is 39.8 Å². The number of halogens is 1. The maximum absolute atomic E-state index is 4.02. The Morgan fingerprint density at radius 1 is 1.44 bits per heavy atom. The summed E-state index contributed by atoms with van der Waals surface area (Å²) in [6, 6.07) is 6.58. The summed E-state index contributed by atoms with van der Waals surface area (Å²) < 4.78 is 1.18. The Morgan fingerprint density at radius 3 is 2.81 bits per heavy atom. The lowest BCUT2D eigenvalue weighted by Gasteiger charge is -2.13. The van der Waals surface area contributed by atoms with E-state index in [0.717, 1.165) is 6.54 Å². The van der Waals surface area contributed by atoms with Crippen LogP contribution in [0.25, 0.3) is 0 Å². The summed E-state index contributed by atoms with van der Waals surface area (Å²) in [4.78, 5) is 4.02. The van der Waals surface area contributed by atoms with Crippen molar-refractivity contribution in [2.45, 2.75) is 19.5 Å². The molecule has 0 unspecified atom stereocenters. The molecule has 0 spiro atoms. The van der Waals surface area contributed by atoms with Crippen molar-refractivity contribution in [1.82, 2.24) is 10.3 Å². The van der Waals surface area contributed by atoms with E-state index in [9.17, 15) is 0 Å². The van der Waals surface area contributed by atoms with E-state index in [0.29, 0.717) is 6.04 Å². The highest BCUT2D eigenvalue weighted by Crippen LogP contribution is 2.21. The van der Waals surface area contributed by atoms with Crippen LogP contribution in [0.2, 0.25) is 0 Å². The minimum absolute atomic E-state index is 0.349. The summed E-state index contributed by atoms with van der Waals surface area (Å²) in [5.74, 6) is 0. The van der Waals surface area contributed by atoms with Gasteiger partial charge in [-0.05, 0) is 57.6 Å². The van der Waals surface area contributed by atoms with Crippen molar-refractivity contribution < 1.29 is 0 Å². The van der Waals surface area contributed by atoms with E-state index in [2.05, 4.69) is 44.6 Å². The number of hydrogen-bond donors (Lipinski definition) is 1. The van der Waals surface area contributed by atoms with Gasteiger partial charge in [-0.15, -0.1) is 11.3 Å². The smallest absolute Gasteiger partial charge is 0.0701 e. The molecule has 0 aliphatic heterocycles. The standard InChI is InChI=1S/C12H13BrN2S/c1-9(11-2-4-14-5-3-11)15-7-10-6-12(13)16-8-10/h2-6,8-9,15H,7H2,1H3/t9-/m1/s1. The molecule has 84 valence electrons. The van der Waals surface area contributed by atoms with Gasteiger partial charge in [0.1, 0.15) is 0 Å². The average Bonchev–Trinajstić information content (AvgIpc) is 2.73. The van der Waals surface area contributed by atoms with E-state index in [4.69, 9.17) is 0 Å². The molecule has 2 aromatic heterocycles. The predicted molar refractivity (Wildman–Crippen MR) is 71.5 cm³/mol. The number of nitrogens with zero attached hydrogens (tertiary/aromatic N) is 1. The normalized spacial score (nSPS) is 12.6. The molecule has 1 atom stereocenters. The van der Waals surface area contributed by atoms with Crippen molar-refractivity contribution in [3.8, 4) is 0 Å². The summed E-state index contributed by atoms with van der Waals surface area (Å²) in [6.45, 7) is 3.06. The molecule has 0 saturated carbocycles. The Balaban J connectivity index is 1.91. The van der Waals surface area contributed by atoms with Crippen LogP contribution in [-0.2, 0) is 6.54 Å². The van der Waals surface area contributed by atoms with Gasteiger partial charge in [0, 0.05) is 25.0 Å². The van der Waals surface area contributed by atoms with Crippen molar-refractivity contribution in [2.75, 3.05) is 0 Å². The Hall–Kier alpha value is -0.710. The lowest BCUT2D eigenvalue weighted by molar-refractivity contribution is 0.575. The first kappa shape index (κ1) is 11.8. The van der Waals surface area contributed by atoms with Gasteiger partial charge in [0.15, 0.2) is 0 Å². The molecule has 2 heterocycles. The van der Waals surface area contributed by atoms with E-state index in [1.54, 1.807) is 11.3 Å². The van der Waals surface area contributed by atoms with E-state index >= 15 is 0 Å². The number of hydrogen-bond acceptors (Lipinski definition) is 3. The van der Waals surface area contributed by atoms with Crippen LogP contribution >= 0.6 is 27.3 Å². The highest BCUT2D eigenvalue weighted by atomic mass is 79.9. The lowest BCUT2D eigenvalue weighted by atomic mass is 10.1. The van der Waals surface area contributed by atoms with Gasteiger partial charge in [0.05, 0.1) is 3.79 Å². The van der Waals surface area contributed by atoms with Crippen LogP contribution in [0.3, 0.4) is 0 Å². The van der Waals surface area contributed by atoms with Gasteiger partial charge in [-0.3, -0.25) is 4.98 Å². The number of aromatic nitrogens is 1. The van der Waals surface area contributed by atoms with Crippen LogP contribution in [-0.4, -0.2) is 4.98 Å². The molecule has 0 aliphatic rings. The highest BCUT2D eigenvalue weighted by molar-refractivity contribution is 9.11. The minimum atomic E-state index is 0.349. The lowest BCUT2D eigenvalue weighted by Crippen LogP contribution is -2.17. The second-order valence-corrected chi connectivity index (χ2v) is 5.93. The minimum Gasteiger partial charge on any atom is -0.306 e. The van der Waals surface area contributed by atoms with Crippen LogP contribution in [0.1, 0.15) is 24.1 Å². The topological polar surface area (TPSA) is 24.9 Å². The first-order valence-electron chi connectivity index (χ1n) is 5.12. The van der Waals surface area contributed by atoms with Crippen molar-refractivity contribution in [3.05, 3.63) is 50.9 Å². The number of thiophene rings is 1. The summed E-state index contributed by atoms with van der Waals surface area (Å²) in [5.41, 5.74) is 2.59. The van der Waals surface area contributed by atoms with Gasteiger partial charge in [-0.1, -0.05) is 0 Å². The average molecular weight is 297 g/mol. The van der Waals surface area contributed by atoms with E-state index in [1.807, 2.05) is 24.5 Å². The van der Waals surface area contributed by atoms with Crippen molar-refractivity contribution in [2.24, 2.45) is 0 Å². The fourth-order valence-electron chi connectivity index (χ4n) is 1.48. The second-order valence-electron chi connectivity index (χ2n) is 3.64. The fourth-order valence-corrected chi connectivity index (χ4v) is 2.69. The molecule has 0 saturated heterocycles. The molecule has 0 bridgehead atoms. The molecule has 0 aromatic carbocycles. The van der Waals surface area contributed by atoms with Gasteiger partial charge in [0.25, 0.3) is 0 Å². The number of pyridine rings is 1. The van der Waals surface area contributed by atoms with Crippen LogP contribution < -0.4 is 5.32 Å². The summed E-state index contributed by atoms with van der Waals surface area (Å²) in [7, 11) is 0. The Kier molecular flexibility index (Phi) is 4.09. The number of rotatable bonds is 4. The molecule has 1 N–H and O–H groups in total. The zero-order valence-electron chi connectivity index (χ0n) is 8.98. The summed E-state index contributed by atoms with van der Waals surface area (Å²) in [6.07, 6.45) is 3.66. The van der Waals surface area contributed by atoms with Crippen LogP contribution in [0, 0.1) is 0 Å². The first-order chi connectivity index (χ1) is 7.75. The second kappa shape index (κ2) is 5.57. The monoisotopic (exact) mass is 296 g/mol. The zero-order chi connectivity index (χ0) is 11.4.